The van der Waals surface area contributed by atoms with Crippen molar-refractivity contribution in [2.45, 2.75) is 159 Å². The molecule has 0 saturated heterocycles. The van der Waals surface area contributed by atoms with Crippen LogP contribution in [-0.4, -0.2) is 0 Å². The highest BCUT2D eigenvalue weighted by atomic mass is 15.2. The Kier molecular flexibility index (Phi) is 16.8. The van der Waals surface area contributed by atoms with Crippen molar-refractivity contribution in [3.05, 3.63) is 225 Å². The van der Waals surface area contributed by atoms with Crippen LogP contribution in [0.25, 0.3) is 55.7 Å². The number of aryl methyl sites for hydroxylation is 1. The van der Waals surface area contributed by atoms with Crippen LogP contribution in [0.4, 0.5) is 11.4 Å². The third-order valence-corrected chi connectivity index (χ3v) is 16.3. The van der Waals surface area contributed by atoms with E-state index in [1.54, 1.807) is 0 Å². The minimum atomic E-state index is -0.0714. The number of hydrogen-bond donors (Lipinski definition) is 0. The number of benzene rings is 7. The molecule has 0 aromatic heterocycles. The van der Waals surface area contributed by atoms with Gasteiger partial charge < -0.3 is 4.90 Å². The van der Waals surface area contributed by atoms with Crippen LogP contribution in [0, 0.1) is 6.92 Å². The number of rotatable bonds is 8. The van der Waals surface area contributed by atoms with Gasteiger partial charge in [-0.15, -0.1) is 0 Å². The van der Waals surface area contributed by atoms with Crippen LogP contribution in [0.2, 0.25) is 0 Å². The first-order valence-electron chi connectivity index (χ1n) is 29.0. The van der Waals surface area contributed by atoms with E-state index in [4.69, 9.17) is 0 Å². The molecule has 75 heavy (non-hydrogen) atoms. The number of hydrogen-bond acceptors (Lipinski definition) is 1. The van der Waals surface area contributed by atoms with Gasteiger partial charge in [0.05, 0.1) is 5.69 Å². The summed E-state index contributed by atoms with van der Waals surface area (Å²) in [5, 5.41) is 0. The third-order valence-electron chi connectivity index (χ3n) is 16.3. The average Bonchev–Trinajstić information content (AvgIpc) is 4.02. The molecule has 1 atom stereocenters. The Morgan fingerprint density at radius 3 is 1.85 bits per heavy atom. The van der Waals surface area contributed by atoms with E-state index in [0.717, 1.165) is 38.5 Å². The van der Waals surface area contributed by atoms with Crippen molar-refractivity contribution >= 4 is 22.5 Å². The molecule has 0 bridgehead atoms. The summed E-state index contributed by atoms with van der Waals surface area (Å²) in [6.45, 7) is 32.5. The fourth-order valence-electron chi connectivity index (χ4n) is 13.0. The molecular formula is C74H85N. The molecule has 0 heterocycles. The van der Waals surface area contributed by atoms with Crippen LogP contribution in [0.3, 0.4) is 0 Å². The standard InChI is InChI=1S/C66H61N.4C2H6/c1-8-16-52-50-19-11-12-21-53(50)63-61(38-35-54(62(52)63)48-18-10-9-17-42(48)3)67(46-31-26-43(27-32-46)45-30-37-59-57(40-45)51-20-13-14-24-58(51)65(59,4)5)47-33-28-44(29-34-47)49-22-15-23-55-56-39-41(2)25-36-60(56)66(6,7)64(49)55;4*1-2/h10-15,18-28,30-33,35-40,52H,8-9,16-17,29,34H2,1-7H3;4*1-2H3. The lowest BCUT2D eigenvalue weighted by Gasteiger charge is -2.33. The molecule has 12 rings (SSSR count). The Hall–Kier alpha value is -6.70. The van der Waals surface area contributed by atoms with E-state index in [0.29, 0.717) is 5.92 Å². The summed E-state index contributed by atoms with van der Waals surface area (Å²) in [5.74, 6) is 0.351. The second kappa shape index (κ2) is 23.0. The number of nitrogens with zero attached hydrogens (tertiary/aromatic N) is 1. The monoisotopic (exact) mass is 988 g/mol. The normalized spacial score (nSPS) is 16.2. The fraction of sp³-hybridized carbons (Fsp3) is 0.324. The van der Waals surface area contributed by atoms with Gasteiger partial charge in [-0.05, 0) is 171 Å². The first-order chi connectivity index (χ1) is 36.5. The summed E-state index contributed by atoms with van der Waals surface area (Å²) >= 11 is 0. The molecule has 386 valence electrons. The fourth-order valence-corrected chi connectivity index (χ4v) is 13.0. The summed E-state index contributed by atoms with van der Waals surface area (Å²) in [6, 6.07) is 53.9. The van der Waals surface area contributed by atoms with Crippen molar-refractivity contribution in [1.29, 1.82) is 0 Å². The van der Waals surface area contributed by atoms with E-state index >= 15 is 0 Å². The Balaban J connectivity index is 0.000000893. The molecule has 0 fully saturated rings. The third kappa shape index (κ3) is 9.45. The first kappa shape index (κ1) is 54.6. The van der Waals surface area contributed by atoms with Gasteiger partial charge in [0.1, 0.15) is 0 Å². The SMILES string of the molecule is CC.CC.CC.CC.CCCC1c2ccccc2-c2c(N(C3=CC=C(c4cccc5c4C(C)(C)c4ccc(C)cc4-5)CC3)c3ccc(-c4ccc5c(c4)-c4ccccc4C5(C)C)cc3)ccc(C3=C(C)CCC=C3)c21. The number of fused-ring (bicyclic) bond motifs is 9. The highest BCUT2D eigenvalue weighted by molar-refractivity contribution is 5.98. The van der Waals surface area contributed by atoms with Crippen molar-refractivity contribution in [2.75, 3.05) is 4.90 Å². The van der Waals surface area contributed by atoms with Crippen LogP contribution in [0.15, 0.2) is 175 Å². The van der Waals surface area contributed by atoms with Gasteiger partial charge in [-0.1, -0.05) is 241 Å². The molecular weight excluding hydrogens is 903 g/mol. The van der Waals surface area contributed by atoms with Crippen molar-refractivity contribution in [1.82, 2.24) is 0 Å². The largest absolute Gasteiger partial charge is 0.314 e. The van der Waals surface area contributed by atoms with Gasteiger partial charge in [-0.25, -0.2) is 0 Å². The van der Waals surface area contributed by atoms with Gasteiger partial charge in [0, 0.05) is 33.7 Å². The van der Waals surface area contributed by atoms with Crippen molar-refractivity contribution in [2.24, 2.45) is 0 Å². The lowest BCUT2D eigenvalue weighted by molar-refractivity contribution is 0.657. The quantitative estimate of drug-likeness (QED) is 0.147. The van der Waals surface area contributed by atoms with E-state index in [9.17, 15) is 0 Å². The number of anilines is 2. The van der Waals surface area contributed by atoms with Crippen LogP contribution >= 0.6 is 0 Å². The molecule has 0 saturated carbocycles. The molecule has 5 aliphatic carbocycles. The van der Waals surface area contributed by atoms with Gasteiger partial charge in [0.2, 0.25) is 0 Å². The van der Waals surface area contributed by atoms with E-state index in [2.05, 4.69) is 217 Å². The molecule has 5 aliphatic rings. The molecule has 0 aliphatic heterocycles. The first-order valence-corrected chi connectivity index (χ1v) is 29.0. The highest BCUT2D eigenvalue weighted by Crippen LogP contribution is 2.57. The smallest absolute Gasteiger partial charge is 0.0540 e. The molecule has 0 amide bonds. The molecule has 1 heteroatoms. The predicted molar refractivity (Wildman–Crippen MR) is 331 cm³/mol. The second-order valence-electron chi connectivity index (χ2n) is 21.0. The maximum atomic E-state index is 2.63. The summed E-state index contributed by atoms with van der Waals surface area (Å²) in [4.78, 5) is 2.63. The van der Waals surface area contributed by atoms with Crippen LogP contribution in [0.5, 0.6) is 0 Å². The highest BCUT2D eigenvalue weighted by Gasteiger charge is 2.40. The zero-order chi connectivity index (χ0) is 53.8. The van der Waals surface area contributed by atoms with Crippen LogP contribution in [-0.2, 0) is 10.8 Å². The van der Waals surface area contributed by atoms with Crippen LogP contribution < -0.4 is 4.90 Å². The van der Waals surface area contributed by atoms with Crippen LogP contribution in [0.1, 0.15) is 191 Å². The second-order valence-corrected chi connectivity index (χ2v) is 21.0. The van der Waals surface area contributed by atoms with Gasteiger partial charge in [-0.2, -0.15) is 0 Å². The zero-order valence-corrected chi connectivity index (χ0v) is 48.4. The Labute approximate surface area is 453 Å². The van der Waals surface area contributed by atoms with Crippen molar-refractivity contribution in [3.63, 3.8) is 0 Å². The van der Waals surface area contributed by atoms with E-state index < -0.39 is 0 Å². The summed E-state index contributed by atoms with van der Waals surface area (Å²) < 4.78 is 0. The zero-order valence-electron chi connectivity index (χ0n) is 48.4. The molecule has 1 nitrogen and oxygen atoms in total. The summed E-state index contributed by atoms with van der Waals surface area (Å²) in [6.07, 6.45) is 16.1. The maximum absolute atomic E-state index is 2.63. The Bertz CT molecular complexity index is 3320. The Morgan fingerprint density at radius 1 is 0.520 bits per heavy atom. The summed E-state index contributed by atoms with van der Waals surface area (Å²) in [5.41, 5.74) is 31.7. The lowest BCUT2D eigenvalue weighted by Crippen LogP contribution is -2.20. The van der Waals surface area contributed by atoms with Crippen molar-refractivity contribution < 1.29 is 0 Å². The van der Waals surface area contributed by atoms with Gasteiger partial charge in [-0.3, -0.25) is 0 Å². The molecule has 0 N–H and O–H groups in total. The molecule has 7 aromatic carbocycles. The lowest BCUT2D eigenvalue weighted by atomic mass is 9.77. The summed E-state index contributed by atoms with van der Waals surface area (Å²) in [7, 11) is 0. The minimum Gasteiger partial charge on any atom is -0.314 e. The van der Waals surface area contributed by atoms with Gasteiger partial charge >= 0.3 is 0 Å². The van der Waals surface area contributed by atoms with Gasteiger partial charge in [0.25, 0.3) is 0 Å². The molecule has 0 radical (unpaired) electrons. The van der Waals surface area contributed by atoms with Crippen molar-refractivity contribution in [3.8, 4) is 44.5 Å². The minimum absolute atomic E-state index is 0.00913. The molecule has 7 aromatic rings. The number of allylic oxidation sites excluding steroid dienone is 8. The van der Waals surface area contributed by atoms with E-state index in [1.165, 1.54) is 128 Å². The predicted octanol–water partition coefficient (Wildman–Crippen LogP) is 22.3. The molecule has 1 unspecified atom stereocenters. The molecule has 0 spiro atoms. The van der Waals surface area contributed by atoms with Gasteiger partial charge in [0.15, 0.2) is 0 Å². The topological polar surface area (TPSA) is 3.24 Å². The Morgan fingerprint density at radius 2 is 1.15 bits per heavy atom. The maximum Gasteiger partial charge on any atom is 0.0540 e. The van der Waals surface area contributed by atoms with E-state index in [1.807, 2.05) is 55.4 Å². The van der Waals surface area contributed by atoms with E-state index in [-0.39, 0.29) is 10.8 Å². The average molecular weight is 989 g/mol.